The summed E-state index contributed by atoms with van der Waals surface area (Å²) in [5, 5.41) is 19.2. The molecule has 1 aromatic carbocycles. The van der Waals surface area contributed by atoms with Crippen LogP contribution in [0.1, 0.15) is 44.0 Å². The van der Waals surface area contributed by atoms with Crippen molar-refractivity contribution in [1.29, 1.82) is 0 Å². The fraction of sp³-hybridized carbons (Fsp3) is 0.556. The zero-order chi connectivity index (χ0) is 17.9. The molecule has 0 aromatic heterocycles. The molecule has 1 aromatic rings. The molecule has 1 N–H and O–H groups in total. The number of benzene rings is 1. The number of esters is 1. The Bertz CT molecular complexity index is 582. The molecule has 2 rings (SSSR count). The monoisotopic (exact) mass is 334 g/mol. The number of carbonyl (C=O) groups is 2. The second kappa shape index (κ2) is 7.77. The third kappa shape index (κ3) is 4.13. The van der Waals surface area contributed by atoms with Crippen LogP contribution in [0.3, 0.4) is 0 Å². The van der Waals surface area contributed by atoms with E-state index < -0.39 is 5.97 Å². The molecule has 1 aliphatic carbocycles. The van der Waals surface area contributed by atoms with Crippen LogP contribution in [0.2, 0.25) is 0 Å². The van der Waals surface area contributed by atoms with Gasteiger partial charge in [0.05, 0.1) is 17.2 Å². The largest absolute Gasteiger partial charge is 0.733 e. The Morgan fingerprint density at radius 1 is 1.33 bits per heavy atom. The molecule has 0 spiro atoms. The van der Waals surface area contributed by atoms with E-state index in [9.17, 15) is 14.8 Å². The van der Waals surface area contributed by atoms with Crippen LogP contribution in [-0.4, -0.2) is 23.6 Å². The average Bonchev–Trinajstić information content (AvgIpc) is 2.54. The molecule has 24 heavy (non-hydrogen) atoms. The van der Waals surface area contributed by atoms with Crippen LogP contribution in [0.5, 0.6) is 0 Å². The van der Waals surface area contributed by atoms with E-state index in [-0.39, 0.29) is 46.6 Å². The smallest absolute Gasteiger partial charge is 0.338 e. The van der Waals surface area contributed by atoms with Gasteiger partial charge in [0, 0.05) is 5.92 Å². The number of rotatable bonds is 5. The molecule has 132 valence electrons. The zero-order valence-electron chi connectivity index (χ0n) is 14.3. The molecule has 1 saturated carbocycles. The molecule has 0 amide bonds. The van der Waals surface area contributed by atoms with Crippen molar-refractivity contribution in [1.82, 2.24) is 0 Å². The van der Waals surface area contributed by atoms with E-state index in [0.717, 1.165) is 12.8 Å². The maximum Gasteiger partial charge on any atom is 0.338 e. The van der Waals surface area contributed by atoms with Gasteiger partial charge in [0.2, 0.25) is 0 Å². The molecular weight excluding hydrogens is 310 g/mol. The Hall–Kier alpha value is -1.92. The zero-order valence-corrected chi connectivity index (χ0v) is 14.3. The van der Waals surface area contributed by atoms with Gasteiger partial charge in [-0.1, -0.05) is 20.8 Å². The van der Waals surface area contributed by atoms with Gasteiger partial charge < -0.3 is 15.2 Å². The predicted octanol–water partition coefficient (Wildman–Crippen LogP) is 3.42. The summed E-state index contributed by atoms with van der Waals surface area (Å²) in [7, 11) is 0. The second-order valence-corrected chi connectivity index (χ2v) is 6.83. The summed E-state index contributed by atoms with van der Waals surface area (Å²) in [4.78, 5) is 24.7. The molecule has 1 fully saturated rings. The van der Waals surface area contributed by atoms with Crippen LogP contribution in [-0.2, 0) is 9.53 Å². The Morgan fingerprint density at radius 3 is 2.50 bits per heavy atom. The Balaban J connectivity index is 1.98. The molecule has 0 aliphatic heterocycles. The minimum absolute atomic E-state index is 0.0300. The first kappa shape index (κ1) is 18.4. The summed E-state index contributed by atoms with van der Waals surface area (Å²) in [5.41, 5.74) is 0.305. The third-order valence-corrected chi connectivity index (χ3v) is 4.87. The Labute approximate surface area is 141 Å². The van der Waals surface area contributed by atoms with Crippen LogP contribution in [0.25, 0.3) is 0 Å². The van der Waals surface area contributed by atoms with E-state index in [1.165, 1.54) is 24.3 Å². The first-order valence-corrected chi connectivity index (χ1v) is 8.28. The lowest BCUT2D eigenvalue weighted by molar-refractivity contribution is -0.134. The number of Topliss-reactive ketones (excluding diaryl/α,β-unsaturated/α-hetero) is 1. The highest BCUT2D eigenvalue weighted by Crippen LogP contribution is 2.34. The molecule has 0 bridgehead atoms. The summed E-state index contributed by atoms with van der Waals surface area (Å²) < 4.78 is 5.32. The molecule has 3 atom stereocenters. The molecule has 0 saturated heterocycles. The normalized spacial score (nSPS) is 24.1. The molecule has 0 radical (unpaired) electrons. The lowest BCUT2D eigenvalue weighted by atomic mass is 9.70. The first-order valence-electron chi connectivity index (χ1n) is 8.28. The topological polar surface area (TPSA) is 89.9 Å². The number of ether oxygens (including phenoxy) is 1. The van der Waals surface area contributed by atoms with Crippen molar-refractivity contribution in [3.8, 4) is 0 Å². The lowest BCUT2D eigenvalue weighted by Crippen LogP contribution is -2.39. The third-order valence-electron chi connectivity index (χ3n) is 4.87. The maximum absolute atomic E-state index is 12.6. The fourth-order valence-corrected chi connectivity index (χ4v) is 3.22. The second-order valence-electron chi connectivity index (χ2n) is 6.83. The van der Waals surface area contributed by atoms with E-state index in [2.05, 4.69) is 0 Å². The summed E-state index contributed by atoms with van der Waals surface area (Å²) in [5.74, 6) is -0.0751. The number of carbonyl (C=O) groups excluding carboxylic acids is 2. The minimum atomic E-state index is -0.538. The first-order chi connectivity index (χ1) is 11.3. The van der Waals surface area contributed by atoms with Gasteiger partial charge in [-0.2, -0.15) is 0 Å². The van der Waals surface area contributed by atoms with Gasteiger partial charge in [0.1, 0.15) is 12.4 Å². The standard InChI is InChI=1S/C18H24NO5/c1-11(2)15-9-4-12(3)16(17(15)20)10-24-18(21)13-5-7-14(8-6-13)19(22)23/h5-8,11-12,15-16,22H,4,9-10H2,1-3H3/q-1/t12-,15-,16+/m0/s1. The predicted molar refractivity (Wildman–Crippen MR) is 89.6 cm³/mol. The number of hydrogen-bond acceptors (Lipinski definition) is 6. The van der Waals surface area contributed by atoms with Gasteiger partial charge in [-0.3, -0.25) is 10.0 Å². The van der Waals surface area contributed by atoms with Crippen LogP contribution in [0.15, 0.2) is 24.3 Å². The number of ketones is 1. The highest BCUT2D eigenvalue weighted by molar-refractivity contribution is 5.90. The van der Waals surface area contributed by atoms with Gasteiger partial charge in [0.25, 0.3) is 0 Å². The molecule has 0 heterocycles. The van der Waals surface area contributed by atoms with Crippen molar-refractivity contribution in [2.75, 3.05) is 11.8 Å². The summed E-state index contributed by atoms with van der Waals surface area (Å²) >= 11 is 0. The van der Waals surface area contributed by atoms with E-state index >= 15 is 0 Å². The van der Waals surface area contributed by atoms with Crippen LogP contribution >= 0.6 is 0 Å². The van der Waals surface area contributed by atoms with E-state index in [4.69, 9.17) is 9.94 Å². The van der Waals surface area contributed by atoms with E-state index in [1.807, 2.05) is 20.8 Å². The van der Waals surface area contributed by atoms with Crippen LogP contribution < -0.4 is 5.23 Å². The number of hydrogen-bond donors (Lipinski definition) is 1. The number of nitrogens with zero attached hydrogens (tertiary/aromatic N) is 1. The van der Waals surface area contributed by atoms with Gasteiger partial charge in [-0.25, -0.2) is 4.79 Å². The van der Waals surface area contributed by atoms with Crippen LogP contribution in [0, 0.1) is 28.9 Å². The van der Waals surface area contributed by atoms with Gasteiger partial charge >= 0.3 is 5.97 Å². The summed E-state index contributed by atoms with van der Waals surface area (Å²) in [6.07, 6.45) is 1.86. The van der Waals surface area contributed by atoms with Crippen LogP contribution in [0.4, 0.5) is 5.69 Å². The molecule has 6 nitrogen and oxygen atoms in total. The van der Waals surface area contributed by atoms with Gasteiger partial charge in [-0.15, -0.1) is 0 Å². The SMILES string of the molecule is CC(C)[C@@H]1CC[C@H](C)[C@@H](COC(=O)c2ccc(N([O-])O)cc2)C1=O. The van der Waals surface area contributed by atoms with Gasteiger partial charge in [-0.05, 0) is 48.9 Å². The van der Waals surface area contributed by atoms with Crippen molar-refractivity contribution in [3.63, 3.8) is 0 Å². The van der Waals surface area contributed by atoms with Crippen molar-refractivity contribution >= 4 is 17.4 Å². The average molecular weight is 334 g/mol. The Kier molecular flexibility index (Phi) is 5.96. The highest BCUT2D eigenvalue weighted by atomic mass is 16.8. The molecule has 1 aliphatic rings. The quantitative estimate of drug-likeness (QED) is 0.655. The van der Waals surface area contributed by atoms with Crippen molar-refractivity contribution < 1.29 is 19.5 Å². The molecular formula is C18H24NO5-. The summed E-state index contributed by atoms with van der Waals surface area (Å²) in [6, 6.07) is 5.46. The van der Waals surface area contributed by atoms with Crippen molar-refractivity contribution in [2.24, 2.45) is 23.7 Å². The highest BCUT2D eigenvalue weighted by Gasteiger charge is 2.37. The summed E-state index contributed by atoms with van der Waals surface area (Å²) in [6.45, 7) is 6.19. The van der Waals surface area contributed by atoms with Crippen molar-refractivity contribution in [2.45, 2.75) is 33.6 Å². The van der Waals surface area contributed by atoms with E-state index in [0.29, 0.717) is 5.92 Å². The van der Waals surface area contributed by atoms with E-state index in [1.54, 1.807) is 0 Å². The van der Waals surface area contributed by atoms with Crippen molar-refractivity contribution in [3.05, 3.63) is 35.0 Å². The maximum atomic E-state index is 12.6. The lowest BCUT2D eigenvalue weighted by Gasteiger charge is -2.34. The van der Waals surface area contributed by atoms with Gasteiger partial charge in [0.15, 0.2) is 0 Å². The fourth-order valence-electron chi connectivity index (χ4n) is 3.22. The minimum Gasteiger partial charge on any atom is -0.733 e. The number of anilines is 1. The molecule has 6 heteroatoms. The molecule has 0 unspecified atom stereocenters. The Morgan fingerprint density at radius 2 is 1.96 bits per heavy atom.